The van der Waals surface area contributed by atoms with Gasteiger partial charge in [-0.05, 0) is 30.4 Å². The number of aryl methyl sites for hydroxylation is 1. The quantitative estimate of drug-likeness (QED) is 0.826. The maximum Gasteiger partial charge on any atom is 0.413 e. The van der Waals surface area contributed by atoms with Gasteiger partial charge in [0.1, 0.15) is 0 Å². The van der Waals surface area contributed by atoms with E-state index < -0.39 is 12.8 Å². The van der Waals surface area contributed by atoms with Crippen LogP contribution in [0.5, 0.6) is 0 Å². The Balaban J connectivity index is 1.95. The fourth-order valence-corrected chi connectivity index (χ4v) is 2.10. The lowest BCUT2D eigenvalue weighted by molar-refractivity contribution is -0.193. The summed E-state index contributed by atoms with van der Waals surface area (Å²) in [6, 6.07) is 7.64. The Labute approximate surface area is 97.7 Å². The lowest BCUT2D eigenvalue weighted by atomic mass is 9.88. The highest BCUT2D eigenvalue weighted by atomic mass is 19.4. The van der Waals surface area contributed by atoms with Crippen molar-refractivity contribution in [2.24, 2.45) is 0 Å². The van der Waals surface area contributed by atoms with Gasteiger partial charge in [-0.3, -0.25) is 4.84 Å². The molecule has 94 valence electrons. The summed E-state index contributed by atoms with van der Waals surface area (Å²) in [7, 11) is 0. The van der Waals surface area contributed by atoms with Crippen molar-refractivity contribution < 1.29 is 18.0 Å². The molecule has 1 unspecified atom stereocenters. The van der Waals surface area contributed by atoms with E-state index in [4.69, 9.17) is 0 Å². The zero-order chi connectivity index (χ0) is 12.3. The highest BCUT2D eigenvalue weighted by Crippen LogP contribution is 2.29. The van der Waals surface area contributed by atoms with E-state index in [0.29, 0.717) is 0 Å². The summed E-state index contributed by atoms with van der Waals surface area (Å²) in [5.41, 5.74) is 4.74. The molecule has 0 saturated carbocycles. The standard InChI is InChI=1S/C12H14F3NO/c13-12(14,15)8-17-16-11-7-3-5-9-4-1-2-6-10(9)11/h1-2,4,6,11,16H,3,5,7-8H2. The molecule has 0 fully saturated rings. The van der Waals surface area contributed by atoms with Crippen LogP contribution in [0.15, 0.2) is 24.3 Å². The first-order valence-electron chi connectivity index (χ1n) is 5.58. The van der Waals surface area contributed by atoms with Crippen LogP contribution in [0, 0.1) is 0 Å². The van der Waals surface area contributed by atoms with Crippen LogP contribution in [0.1, 0.15) is 30.0 Å². The maximum absolute atomic E-state index is 11.9. The van der Waals surface area contributed by atoms with Gasteiger partial charge in [0.2, 0.25) is 0 Å². The largest absolute Gasteiger partial charge is 0.413 e. The molecule has 1 aromatic carbocycles. The van der Waals surface area contributed by atoms with Crippen molar-refractivity contribution >= 4 is 0 Å². The number of benzene rings is 1. The van der Waals surface area contributed by atoms with E-state index in [0.717, 1.165) is 24.8 Å². The van der Waals surface area contributed by atoms with Gasteiger partial charge in [-0.1, -0.05) is 24.3 Å². The Morgan fingerprint density at radius 3 is 2.82 bits per heavy atom. The minimum Gasteiger partial charge on any atom is -0.292 e. The fourth-order valence-electron chi connectivity index (χ4n) is 2.10. The molecule has 1 aliphatic carbocycles. The summed E-state index contributed by atoms with van der Waals surface area (Å²) < 4.78 is 35.8. The van der Waals surface area contributed by atoms with E-state index in [1.54, 1.807) is 0 Å². The molecule has 0 heterocycles. The number of nitrogens with one attached hydrogen (secondary N) is 1. The van der Waals surface area contributed by atoms with E-state index in [1.165, 1.54) is 5.56 Å². The third kappa shape index (κ3) is 3.44. The summed E-state index contributed by atoms with van der Waals surface area (Å²) in [5.74, 6) is 0. The number of hydrogen-bond acceptors (Lipinski definition) is 2. The predicted octanol–water partition coefficient (Wildman–Crippen LogP) is 3.15. The second kappa shape index (κ2) is 5.06. The Morgan fingerprint density at radius 2 is 2.06 bits per heavy atom. The Hall–Kier alpha value is -1.07. The average molecular weight is 245 g/mol. The predicted molar refractivity (Wildman–Crippen MR) is 57.3 cm³/mol. The molecule has 0 amide bonds. The molecule has 1 aromatic rings. The molecule has 0 spiro atoms. The third-order valence-electron chi connectivity index (χ3n) is 2.83. The topological polar surface area (TPSA) is 21.3 Å². The van der Waals surface area contributed by atoms with E-state index in [-0.39, 0.29) is 6.04 Å². The third-order valence-corrected chi connectivity index (χ3v) is 2.83. The first-order valence-corrected chi connectivity index (χ1v) is 5.58. The molecule has 0 saturated heterocycles. The van der Waals surface area contributed by atoms with Crippen molar-refractivity contribution in [2.75, 3.05) is 6.61 Å². The lowest BCUT2D eigenvalue weighted by Gasteiger charge is -2.26. The van der Waals surface area contributed by atoms with Crippen LogP contribution < -0.4 is 5.48 Å². The highest BCUT2D eigenvalue weighted by Gasteiger charge is 2.29. The summed E-state index contributed by atoms with van der Waals surface area (Å²) in [6.45, 7) is -1.26. The van der Waals surface area contributed by atoms with Crippen LogP contribution in [-0.4, -0.2) is 12.8 Å². The normalized spacial score (nSPS) is 20.1. The van der Waals surface area contributed by atoms with Gasteiger partial charge < -0.3 is 0 Å². The second-order valence-electron chi connectivity index (χ2n) is 4.17. The summed E-state index contributed by atoms with van der Waals surface area (Å²) in [6.07, 6.45) is -1.55. The Bertz CT molecular complexity index is 378. The SMILES string of the molecule is FC(F)(F)CONC1CCCc2ccccc21. The number of halogens is 3. The molecule has 5 heteroatoms. The molecule has 1 aliphatic rings. The number of rotatable bonds is 3. The summed E-state index contributed by atoms with van der Waals surface area (Å²) in [4.78, 5) is 4.52. The van der Waals surface area contributed by atoms with Gasteiger partial charge >= 0.3 is 6.18 Å². The molecule has 0 aromatic heterocycles. The minimum absolute atomic E-state index is 0.137. The smallest absolute Gasteiger partial charge is 0.292 e. The van der Waals surface area contributed by atoms with Gasteiger partial charge in [-0.2, -0.15) is 18.7 Å². The van der Waals surface area contributed by atoms with E-state index >= 15 is 0 Å². The van der Waals surface area contributed by atoms with Crippen LogP contribution in [0.3, 0.4) is 0 Å². The van der Waals surface area contributed by atoms with Crippen molar-refractivity contribution in [3.63, 3.8) is 0 Å². The number of fused-ring (bicyclic) bond motifs is 1. The summed E-state index contributed by atoms with van der Waals surface area (Å²) >= 11 is 0. The van der Waals surface area contributed by atoms with Gasteiger partial charge in [-0.25, -0.2) is 0 Å². The zero-order valence-electron chi connectivity index (χ0n) is 9.26. The van der Waals surface area contributed by atoms with Gasteiger partial charge in [-0.15, -0.1) is 0 Å². The van der Waals surface area contributed by atoms with Gasteiger partial charge in [0.05, 0.1) is 6.04 Å². The molecular formula is C12H14F3NO. The van der Waals surface area contributed by atoms with Crippen LogP contribution >= 0.6 is 0 Å². The molecule has 17 heavy (non-hydrogen) atoms. The van der Waals surface area contributed by atoms with Crippen LogP contribution in [0.4, 0.5) is 13.2 Å². The molecule has 0 bridgehead atoms. The highest BCUT2D eigenvalue weighted by molar-refractivity contribution is 5.31. The van der Waals surface area contributed by atoms with Crippen LogP contribution in [0.2, 0.25) is 0 Å². The van der Waals surface area contributed by atoms with Gasteiger partial charge in [0, 0.05) is 0 Å². The zero-order valence-corrected chi connectivity index (χ0v) is 9.26. The van der Waals surface area contributed by atoms with Crippen molar-refractivity contribution in [1.29, 1.82) is 0 Å². The molecule has 1 N–H and O–H groups in total. The first-order chi connectivity index (χ1) is 8.06. The van der Waals surface area contributed by atoms with E-state index in [2.05, 4.69) is 10.3 Å². The van der Waals surface area contributed by atoms with E-state index in [9.17, 15) is 13.2 Å². The molecular weight excluding hydrogens is 231 g/mol. The average Bonchev–Trinajstić information content (AvgIpc) is 2.28. The second-order valence-corrected chi connectivity index (χ2v) is 4.17. The fraction of sp³-hybridized carbons (Fsp3) is 0.500. The van der Waals surface area contributed by atoms with Crippen molar-refractivity contribution in [3.8, 4) is 0 Å². The Kier molecular flexibility index (Phi) is 3.69. The van der Waals surface area contributed by atoms with Crippen LogP contribution in [0.25, 0.3) is 0 Å². The monoisotopic (exact) mass is 245 g/mol. The number of hydrogen-bond donors (Lipinski definition) is 1. The molecule has 1 atom stereocenters. The molecule has 0 radical (unpaired) electrons. The van der Waals surface area contributed by atoms with Gasteiger partial charge in [0.25, 0.3) is 0 Å². The molecule has 2 rings (SSSR count). The maximum atomic E-state index is 11.9. The van der Waals surface area contributed by atoms with Crippen molar-refractivity contribution in [3.05, 3.63) is 35.4 Å². The number of alkyl halides is 3. The van der Waals surface area contributed by atoms with Crippen LogP contribution in [-0.2, 0) is 11.3 Å². The summed E-state index contributed by atoms with van der Waals surface area (Å²) in [5, 5.41) is 0. The van der Waals surface area contributed by atoms with E-state index in [1.807, 2.05) is 24.3 Å². The minimum atomic E-state index is -4.29. The lowest BCUT2D eigenvalue weighted by Crippen LogP contribution is -2.30. The molecule has 0 aliphatic heterocycles. The van der Waals surface area contributed by atoms with Crippen molar-refractivity contribution in [1.82, 2.24) is 5.48 Å². The molecule has 2 nitrogen and oxygen atoms in total. The first kappa shape index (κ1) is 12.4. The Morgan fingerprint density at radius 1 is 1.29 bits per heavy atom. The van der Waals surface area contributed by atoms with Crippen molar-refractivity contribution in [2.45, 2.75) is 31.5 Å². The number of hydroxylamine groups is 1. The van der Waals surface area contributed by atoms with Gasteiger partial charge in [0.15, 0.2) is 6.61 Å².